The molecule has 7 heteroatoms. The maximum atomic E-state index is 12.5. The lowest BCUT2D eigenvalue weighted by molar-refractivity contribution is -0.122. The van der Waals surface area contributed by atoms with Gasteiger partial charge in [0.15, 0.2) is 11.5 Å². The molecular formula is C17H20INO3S2. The molecule has 0 unspecified atom stereocenters. The zero-order valence-corrected chi connectivity index (χ0v) is 17.7. The number of rotatable bonds is 7. The second kappa shape index (κ2) is 9.05. The molecule has 1 aromatic rings. The summed E-state index contributed by atoms with van der Waals surface area (Å²) in [5.41, 5.74) is 0.906. The minimum atomic E-state index is -0.0197. The zero-order chi connectivity index (χ0) is 17.7. The molecule has 0 N–H and O–H groups in total. The summed E-state index contributed by atoms with van der Waals surface area (Å²) in [6.45, 7) is 7.70. The first kappa shape index (κ1) is 19.5. The third-order valence-corrected chi connectivity index (χ3v) is 5.42. The largest absolute Gasteiger partial charge is 0.490 e. The van der Waals surface area contributed by atoms with Crippen LogP contribution in [0.2, 0.25) is 0 Å². The first-order valence-electron chi connectivity index (χ1n) is 7.86. The normalized spacial score (nSPS) is 16.2. The summed E-state index contributed by atoms with van der Waals surface area (Å²) in [7, 11) is 0. The summed E-state index contributed by atoms with van der Waals surface area (Å²) in [6.07, 6.45) is 2.75. The summed E-state index contributed by atoms with van der Waals surface area (Å²) in [4.78, 5) is 14.8. The van der Waals surface area contributed by atoms with E-state index in [9.17, 15) is 4.79 Å². The molecule has 1 aromatic carbocycles. The van der Waals surface area contributed by atoms with Crippen LogP contribution in [0.4, 0.5) is 0 Å². The van der Waals surface area contributed by atoms with Crippen LogP contribution < -0.4 is 9.47 Å². The number of benzene rings is 1. The molecule has 1 amide bonds. The molecule has 0 saturated carbocycles. The van der Waals surface area contributed by atoms with Crippen molar-refractivity contribution in [2.75, 3.05) is 19.8 Å². The quantitative estimate of drug-likeness (QED) is 0.324. The summed E-state index contributed by atoms with van der Waals surface area (Å²) >= 11 is 8.88. The predicted molar refractivity (Wildman–Crippen MR) is 112 cm³/mol. The molecule has 1 heterocycles. The first-order chi connectivity index (χ1) is 11.5. The van der Waals surface area contributed by atoms with E-state index in [0.717, 1.165) is 21.3 Å². The van der Waals surface area contributed by atoms with Gasteiger partial charge in [0.1, 0.15) is 4.32 Å². The lowest BCUT2D eigenvalue weighted by atomic mass is 10.2. The highest BCUT2D eigenvalue weighted by molar-refractivity contribution is 14.1. The van der Waals surface area contributed by atoms with Crippen LogP contribution in [0.3, 0.4) is 0 Å². The fourth-order valence-corrected chi connectivity index (χ4v) is 4.38. The van der Waals surface area contributed by atoms with Crippen LogP contribution in [0.15, 0.2) is 17.0 Å². The third-order valence-electron chi connectivity index (χ3n) is 3.24. The smallest absolute Gasteiger partial charge is 0.266 e. The van der Waals surface area contributed by atoms with Gasteiger partial charge in [-0.2, -0.15) is 0 Å². The number of carbonyl (C=O) groups excluding carboxylic acids is 1. The molecule has 130 valence electrons. The summed E-state index contributed by atoms with van der Waals surface area (Å²) < 4.78 is 13.0. The Morgan fingerprint density at radius 3 is 2.58 bits per heavy atom. The second-order valence-corrected chi connectivity index (χ2v) is 7.87. The van der Waals surface area contributed by atoms with Crippen LogP contribution in [0.5, 0.6) is 11.5 Å². The van der Waals surface area contributed by atoms with Gasteiger partial charge in [-0.1, -0.05) is 30.9 Å². The van der Waals surface area contributed by atoms with Crippen LogP contribution in [0, 0.1) is 3.57 Å². The van der Waals surface area contributed by atoms with E-state index < -0.39 is 0 Å². The maximum Gasteiger partial charge on any atom is 0.266 e. The SMILES string of the molecule is CCCN1C(=O)/C(=C/c2cc(I)c(OCC)c(OCC)c2)SC1=S. The number of thioether (sulfide) groups is 1. The average Bonchev–Trinajstić information content (AvgIpc) is 2.79. The number of nitrogens with zero attached hydrogens (tertiary/aromatic N) is 1. The Morgan fingerprint density at radius 2 is 1.96 bits per heavy atom. The molecular weight excluding hydrogens is 457 g/mol. The Balaban J connectivity index is 2.36. The topological polar surface area (TPSA) is 38.8 Å². The average molecular weight is 477 g/mol. The van der Waals surface area contributed by atoms with E-state index in [4.69, 9.17) is 21.7 Å². The van der Waals surface area contributed by atoms with E-state index in [1.54, 1.807) is 4.90 Å². The molecule has 0 aromatic heterocycles. The van der Waals surface area contributed by atoms with Gasteiger partial charge >= 0.3 is 0 Å². The van der Waals surface area contributed by atoms with Crippen molar-refractivity contribution >= 4 is 62.9 Å². The Morgan fingerprint density at radius 1 is 1.25 bits per heavy atom. The number of halogens is 1. The van der Waals surface area contributed by atoms with E-state index in [0.29, 0.717) is 34.7 Å². The van der Waals surface area contributed by atoms with Gasteiger partial charge in [0.2, 0.25) is 0 Å². The highest BCUT2D eigenvalue weighted by Gasteiger charge is 2.31. The highest BCUT2D eigenvalue weighted by atomic mass is 127. The molecule has 0 atom stereocenters. The third kappa shape index (κ3) is 4.43. The Bertz CT molecular complexity index is 676. The summed E-state index contributed by atoms with van der Waals surface area (Å²) in [5, 5.41) is 0. The van der Waals surface area contributed by atoms with Crippen LogP contribution in [0.1, 0.15) is 32.8 Å². The number of ether oxygens (including phenoxy) is 2. The van der Waals surface area contributed by atoms with E-state index >= 15 is 0 Å². The molecule has 1 aliphatic heterocycles. The zero-order valence-electron chi connectivity index (χ0n) is 13.9. The van der Waals surface area contributed by atoms with E-state index in [-0.39, 0.29) is 5.91 Å². The van der Waals surface area contributed by atoms with Crippen molar-refractivity contribution in [2.45, 2.75) is 27.2 Å². The number of thiocarbonyl (C=S) groups is 1. The second-order valence-electron chi connectivity index (χ2n) is 5.03. The maximum absolute atomic E-state index is 12.5. The van der Waals surface area contributed by atoms with Gasteiger partial charge in [-0.25, -0.2) is 0 Å². The minimum absolute atomic E-state index is 0.0197. The number of hydrogen-bond acceptors (Lipinski definition) is 5. The van der Waals surface area contributed by atoms with Gasteiger partial charge in [-0.15, -0.1) is 0 Å². The van der Waals surface area contributed by atoms with Gasteiger partial charge in [0.25, 0.3) is 5.91 Å². The molecule has 0 spiro atoms. The van der Waals surface area contributed by atoms with Gasteiger partial charge in [-0.3, -0.25) is 9.69 Å². The molecule has 24 heavy (non-hydrogen) atoms. The molecule has 0 bridgehead atoms. The van der Waals surface area contributed by atoms with Gasteiger partial charge < -0.3 is 9.47 Å². The highest BCUT2D eigenvalue weighted by Crippen LogP contribution is 2.37. The molecule has 2 rings (SSSR count). The number of carbonyl (C=O) groups is 1. The standard InChI is InChI=1S/C17H20INO3S2/c1-4-7-19-16(20)14(24-17(19)23)10-11-8-12(18)15(22-6-3)13(9-11)21-5-2/h8-10H,4-7H2,1-3H3/b14-10-. The van der Waals surface area contributed by atoms with Crippen molar-refractivity contribution in [1.82, 2.24) is 4.90 Å². The lowest BCUT2D eigenvalue weighted by Crippen LogP contribution is -2.28. The van der Waals surface area contributed by atoms with E-state index in [2.05, 4.69) is 22.6 Å². The Kier molecular flexibility index (Phi) is 7.36. The van der Waals surface area contributed by atoms with Crippen LogP contribution in [-0.2, 0) is 4.79 Å². The van der Waals surface area contributed by atoms with Crippen LogP contribution >= 0.6 is 46.6 Å². The molecule has 1 fully saturated rings. The van der Waals surface area contributed by atoms with Crippen molar-refractivity contribution < 1.29 is 14.3 Å². The van der Waals surface area contributed by atoms with Crippen molar-refractivity contribution in [3.8, 4) is 11.5 Å². The van der Waals surface area contributed by atoms with E-state index in [1.807, 2.05) is 39.0 Å². The minimum Gasteiger partial charge on any atom is -0.490 e. The molecule has 4 nitrogen and oxygen atoms in total. The van der Waals surface area contributed by atoms with E-state index in [1.165, 1.54) is 11.8 Å². The fourth-order valence-electron chi connectivity index (χ4n) is 2.29. The monoisotopic (exact) mass is 477 g/mol. The van der Waals surface area contributed by atoms with Crippen molar-refractivity contribution in [1.29, 1.82) is 0 Å². The molecule has 1 saturated heterocycles. The van der Waals surface area contributed by atoms with Gasteiger partial charge in [0, 0.05) is 6.54 Å². The van der Waals surface area contributed by atoms with Gasteiger partial charge in [-0.05, 0) is 66.6 Å². The van der Waals surface area contributed by atoms with Crippen LogP contribution in [0.25, 0.3) is 6.08 Å². The first-order valence-corrected chi connectivity index (χ1v) is 10.2. The lowest BCUT2D eigenvalue weighted by Gasteiger charge is -2.14. The molecule has 1 aliphatic rings. The van der Waals surface area contributed by atoms with Crippen LogP contribution in [-0.4, -0.2) is 34.9 Å². The van der Waals surface area contributed by atoms with Crippen molar-refractivity contribution in [3.63, 3.8) is 0 Å². The van der Waals surface area contributed by atoms with Gasteiger partial charge in [0.05, 0.1) is 21.7 Å². The Labute approximate surface area is 166 Å². The predicted octanol–water partition coefficient (Wildman–Crippen LogP) is 4.70. The number of amides is 1. The molecule has 0 aliphatic carbocycles. The Hall–Kier alpha value is -0.800. The summed E-state index contributed by atoms with van der Waals surface area (Å²) in [5.74, 6) is 1.42. The fraction of sp³-hybridized carbons (Fsp3) is 0.412. The molecule has 0 radical (unpaired) electrons. The summed E-state index contributed by atoms with van der Waals surface area (Å²) in [6, 6.07) is 3.89. The van der Waals surface area contributed by atoms with Crippen molar-refractivity contribution in [2.24, 2.45) is 0 Å². The number of hydrogen-bond donors (Lipinski definition) is 0. The van der Waals surface area contributed by atoms with Crippen molar-refractivity contribution in [3.05, 3.63) is 26.2 Å².